The van der Waals surface area contributed by atoms with Gasteiger partial charge in [0.2, 0.25) is 5.91 Å². The summed E-state index contributed by atoms with van der Waals surface area (Å²) in [6.45, 7) is 4.34. The van der Waals surface area contributed by atoms with Gasteiger partial charge in [-0.1, -0.05) is 36.4 Å². The fourth-order valence-electron chi connectivity index (χ4n) is 4.94. The number of nitrogens with one attached hydrogen (secondary N) is 2. The van der Waals surface area contributed by atoms with Gasteiger partial charge in [0.1, 0.15) is 0 Å². The van der Waals surface area contributed by atoms with Gasteiger partial charge in [0, 0.05) is 22.6 Å². The van der Waals surface area contributed by atoms with Crippen LogP contribution in [0.4, 0.5) is 0 Å². The maximum absolute atomic E-state index is 13.1. The van der Waals surface area contributed by atoms with Crippen molar-refractivity contribution in [3.8, 4) is 0 Å². The smallest absolute Gasteiger partial charge is 0.230 e. The molecule has 2 aromatic carbocycles. The number of hydrogen-bond acceptors (Lipinski definition) is 1. The lowest BCUT2D eigenvalue weighted by Crippen LogP contribution is -2.44. The molecular formula is C24H26N2O. The molecule has 0 aliphatic heterocycles. The molecule has 3 nitrogen and oxygen atoms in total. The Hall–Kier alpha value is -2.55. The summed E-state index contributed by atoms with van der Waals surface area (Å²) in [7, 11) is 0. The van der Waals surface area contributed by atoms with Crippen molar-refractivity contribution in [1.29, 1.82) is 0 Å². The zero-order valence-corrected chi connectivity index (χ0v) is 16.1. The minimum Gasteiger partial charge on any atom is -0.358 e. The highest BCUT2D eigenvalue weighted by molar-refractivity contribution is 5.92. The predicted octanol–water partition coefficient (Wildman–Crippen LogP) is 4.49. The minimum absolute atomic E-state index is 0.217. The second-order valence-electron chi connectivity index (χ2n) is 8.45. The second-order valence-corrected chi connectivity index (χ2v) is 8.45. The fraction of sp³-hybridized carbons (Fsp3) is 0.375. The summed E-state index contributed by atoms with van der Waals surface area (Å²) in [6.07, 6.45) is 4.87. The van der Waals surface area contributed by atoms with E-state index in [1.165, 1.54) is 33.3 Å². The van der Waals surface area contributed by atoms with Crippen molar-refractivity contribution < 1.29 is 4.79 Å². The summed E-state index contributed by atoms with van der Waals surface area (Å²) >= 11 is 0. The normalized spacial score (nSPS) is 20.3. The number of fused-ring (bicyclic) bond motifs is 3. The summed E-state index contributed by atoms with van der Waals surface area (Å²) < 4.78 is 0. The molecule has 1 fully saturated rings. The van der Waals surface area contributed by atoms with Crippen molar-refractivity contribution in [1.82, 2.24) is 10.3 Å². The number of H-pyrrole nitrogens is 1. The van der Waals surface area contributed by atoms with Crippen LogP contribution in [0.3, 0.4) is 0 Å². The van der Waals surface area contributed by atoms with Gasteiger partial charge in [0.15, 0.2) is 0 Å². The van der Waals surface area contributed by atoms with Gasteiger partial charge in [-0.2, -0.15) is 0 Å². The summed E-state index contributed by atoms with van der Waals surface area (Å²) in [5.74, 6) is 0.217. The van der Waals surface area contributed by atoms with Crippen molar-refractivity contribution in [2.45, 2.75) is 57.4 Å². The first kappa shape index (κ1) is 16.6. The molecule has 5 rings (SSSR count). The number of hydrogen-bond donors (Lipinski definition) is 2. The van der Waals surface area contributed by atoms with Crippen molar-refractivity contribution >= 4 is 16.8 Å². The summed E-state index contributed by atoms with van der Waals surface area (Å²) in [5, 5.41) is 4.75. The van der Waals surface area contributed by atoms with Crippen LogP contribution in [0.25, 0.3) is 10.9 Å². The number of rotatable bonds is 3. The summed E-state index contributed by atoms with van der Waals surface area (Å²) in [5.41, 5.74) is 7.51. The van der Waals surface area contributed by atoms with E-state index in [0.717, 1.165) is 37.7 Å². The Morgan fingerprint density at radius 2 is 1.93 bits per heavy atom. The van der Waals surface area contributed by atoms with Gasteiger partial charge >= 0.3 is 0 Å². The molecule has 0 saturated heterocycles. The Kier molecular flexibility index (Phi) is 3.68. The lowest BCUT2D eigenvalue weighted by atomic mass is 9.88. The predicted molar refractivity (Wildman–Crippen MR) is 109 cm³/mol. The van der Waals surface area contributed by atoms with E-state index in [0.29, 0.717) is 0 Å². The first-order valence-electron chi connectivity index (χ1n) is 10.0. The molecule has 2 N–H and O–H groups in total. The Balaban J connectivity index is 1.39. The third-order valence-electron chi connectivity index (χ3n) is 6.47. The number of amides is 1. The molecule has 2 aliphatic carbocycles. The monoisotopic (exact) mass is 358 g/mol. The molecule has 27 heavy (non-hydrogen) atoms. The molecular weight excluding hydrogens is 332 g/mol. The van der Waals surface area contributed by atoms with Crippen LogP contribution in [0, 0.1) is 13.8 Å². The van der Waals surface area contributed by atoms with Crippen molar-refractivity contribution in [2.75, 3.05) is 0 Å². The van der Waals surface area contributed by atoms with Gasteiger partial charge in [0.05, 0.1) is 5.41 Å². The standard InChI is InChI=1S/C24H26N2O/c1-15-12-16(2)22-19-14-18(8-9-20(19)26-21(22)13-15)25-23(27)24(10-11-24)17-6-4-3-5-7-17/h3-7,12-13,18,26H,8-11,14H2,1-2H3,(H,25,27). The summed E-state index contributed by atoms with van der Waals surface area (Å²) in [4.78, 5) is 16.7. The largest absolute Gasteiger partial charge is 0.358 e. The zero-order chi connectivity index (χ0) is 18.6. The number of carbonyl (C=O) groups excluding carboxylic acids is 1. The SMILES string of the molecule is Cc1cc(C)c2c3c([nH]c2c1)CCC(NC(=O)C1(c2ccccc2)CC1)C3. The highest BCUT2D eigenvalue weighted by Gasteiger charge is 2.51. The number of carbonyl (C=O) groups is 1. The quantitative estimate of drug-likeness (QED) is 0.712. The lowest BCUT2D eigenvalue weighted by molar-refractivity contribution is -0.124. The van der Waals surface area contributed by atoms with Crippen LogP contribution in [-0.4, -0.2) is 16.9 Å². The Bertz CT molecular complexity index is 1030. The van der Waals surface area contributed by atoms with E-state index in [4.69, 9.17) is 0 Å². The van der Waals surface area contributed by atoms with Gasteiger partial charge in [-0.15, -0.1) is 0 Å². The molecule has 3 heteroatoms. The third-order valence-corrected chi connectivity index (χ3v) is 6.47. The average Bonchev–Trinajstić information content (AvgIpc) is 3.39. The molecule has 1 unspecified atom stereocenters. The van der Waals surface area contributed by atoms with Crippen LogP contribution in [0.1, 0.15) is 47.2 Å². The van der Waals surface area contributed by atoms with E-state index in [2.05, 4.69) is 48.4 Å². The second kappa shape index (κ2) is 5.98. The Morgan fingerprint density at radius 1 is 1.15 bits per heavy atom. The van der Waals surface area contributed by atoms with E-state index < -0.39 is 0 Å². The van der Waals surface area contributed by atoms with Gasteiger partial charge in [-0.3, -0.25) is 4.79 Å². The van der Waals surface area contributed by atoms with E-state index in [1.807, 2.05) is 18.2 Å². The summed E-state index contributed by atoms with van der Waals surface area (Å²) in [6, 6.07) is 15.0. The maximum Gasteiger partial charge on any atom is 0.230 e. The lowest BCUT2D eigenvalue weighted by Gasteiger charge is -2.26. The molecule has 1 atom stereocenters. The van der Waals surface area contributed by atoms with E-state index >= 15 is 0 Å². The molecule has 2 aliphatic rings. The van der Waals surface area contributed by atoms with E-state index in [-0.39, 0.29) is 17.4 Å². The maximum atomic E-state index is 13.1. The van der Waals surface area contributed by atoms with Crippen LogP contribution in [0.2, 0.25) is 0 Å². The van der Waals surface area contributed by atoms with Crippen molar-refractivity contribution in [3.05, 3.63) is 70.4 Å². The molecule has 1 saturated carbocycles. The van der Waals surface area contributed by atoms with Crippen LogP contribution in [0.15, 0.2) is 42.5 Å². The molecule has 1 aromatic heterocycles. The number of aromatic nitrogens is 1. The van der Waals surface area contributed by atoms with Gasteiger partial charge < -0.3 is 10.3 Å². The first-order chi connectivity index (χ1) is 13.1. The van der Waals surface area contributed by atoms with Crippen molar-refractivity contribution in [2.24, 2.45) is 0 Å². The highest BCUT2D eigenvalue weighted by atomic mass is 16.2. The first-order valence-corrected chi connectivity index (χ1v) is 10.0. The highest BCUT2D eigenvalue weighted by Crippen LogP contribution is 2.48. The minimum atomic E-state index is -0.283. The molecule has 0 spiro atoms. The van der Waals surface area contributed by atoms with Crippen LogP contribution < -0.4 is 5.32 Å². The molecule has 3 aromatic rings. The van der Waals surface area contributed by atoms with Crippen LogP contribution >= 0.6 is 0 Å². The van der Waals surface area contributed by atoms with E-state index in [9.17, 15) is 4.79 Å². The molecule has 1 heterocycles. The molecule has 0 bridgehead atoms. The molecule has 1 amide bonds. The fourth-order valence-corrected chi connectivity index (χ4v) is 4.94. The molecule has 0 radical (unpaired) electrons. The third kappa shape index (κ3) is 2.68. The van der Waals surface area contributed by atoms with E-state index in [1.54, 1.807) is 0 Å². The zero-order valence-electron chi connectivity index (χ0n) is 16.1. The Morgan fingerprint density at radius 3 is 2.67 bits per heavy atom. The van der Waals surface area contributed by atoms with Crippen molar-refractivity contribution in [3.63, 3.8) is 0 Å². The van der Waals surface area contributed by atoms with Gasteiger partial charge in [-0.25, -0.2) is 0 Å². The number of benzene rings is 2. The molecule has 138 valence electrons. The Labute approximate surface area is 160 Å². The number of aromatic amines is 1. The van der Waals surface area contributed by atoms with Crippen LogP contribution in [0.5, 0.6) is 0 Å². The average molecular weight is 358 g/mol. The number of aryl methyl sites for hydroxylation is 3. The van der Waals surface area contributed by atoms with Crippen LogP contribution in [-0.2, 0) is 23.1 Å². The van der Waals surface area contributed by atoms with Gasteiger partial charge in [-0.05, 0) is 74.3 Å². The topological polar surface area (TPSA) is 44.9 Å². The van der Waals surface area contributed by atoms with Gasteiger partial charge in [0.25, 0.3) is 0 Å².